The highest BCUT2D eigenvalue weighted by molar-refractivity contribution is 4.68. The summed E-state index contributed by atoms with van der Waals surface area (Å²) in [6.07, 6.45) is 17.8. The molecule has 1 rings (SSSR count). The summed E-state index contributed by atoms with van der Waals surface area (Å²) in [4.78, 5) is 0. The minimum absolute atomic E-state index is 0.651. The van der Waals surface area contributed by atoms with Crippen molar-refractivity contribution in [2.75, 3.05) is 6.61 Å². The Morgan fingerprint density at radius 2 is 1.19 bits per heavy atom. The molecular formula is C15H30O. The molecule has 96 valence electrons. The number of hydrogen-bond donors (Lipinski definition) is 0. The number of rotatable bonds is 12. The van der Waals surface area contributed by atoms with Crippen molar-refractivity contribution in [1.29, 1.82) is 0 Å². The standard InChI is InChI=1S/C15H30O/c1-2-3-4-5-6-7-8-9-10-11-12-13-15-14-16-15/h15H,2-14H2,1H3/t15-/m1/s1. The van der Waals surface area contributed by atoms with Crippen LogP contribution in [-0.2, 0) is 4.74 Å². The Hall–Kier alpha value is -0.0400. The number of epoxide rings is 1. The molecule has 0 aliphatic carbocycles. The van der Waals surface area contributed by atoms with Crippen LogP contribution in [0.15, 0.2) is 0 Å². The Bertz CT molecular complexity index is 140. The SMILES string of the molecule is CCCCCCCCCCCCC[C@@H]1CO1. The van der Waals surface area contributed by atoms with Gasteiger partial charge in [0, 0.05) is 0 Å². The van der Waals surface area contributed by atoms with E-state index in [9.17, 15) is 0 Å². The summed E-state index contributed by atoms with van der Waals surface area (Å²) in [7, 11) is 0. The molecule has 1 fully saturated rings. The fourth-order valence-electron chi connectivity index (χ4n) is 2.27. The Morgan fingerprint density at radius 3 is 1.62 bits per heavy atom. The van der Waals surface area contributed by atoms with Crippen LogP contribution in [0.25, 0.3) is 0 Å². The molecule has 0 amide bonds. The van der Waals surface area contributed by atoms with E-state index in [-0.39, 0.29) is 0 Å². The summed E-state index contributed by atoms with van der Waals surface area (Å²) in [5, 5.41) is 0. The van der Waals surface area contributed by atoms with Gasteiger partial charge in [0.1, 0.15) is 0 Å². The monoisotopic (exact) mass is 226 g/mol. The fourth-order valence-corrected chi connectivity index (χ4v) is 2.27. The summed E-state index contributed by atoms with van der Waals surface area (Å²) in [6.45, 7) is 3.32. The lowest BCUT2D eigenvalue weighted by atomic mass is 10.0. The summed E-state index contributed by atoms with van der Waals surface area (Å²) in [6, 6.07) is 0. The maximum Gasteiger partial charge on any atom is 0.0810 e. The molecule has 1 aliphatic heterocycles. The lowest BCUT2D eigenvalue weighted by molar-refractivity contribution is 0.387. The third-order valence-corrected chi connectivity index (χ3v) is 3.53. The van der Waals surface area contributed by atoms with Gasteiger partial charge in [-0.05, 0) is 6.42 Å². The minimum atomic E-state index is 0.651. The fraction of sp³-hybridized carbons (Fsp3) is 1.00. The highest BCUT2D eigenvalue weighted by Crippen LogP contribution is 2.18. The van der Waals surface area contributed by atoms with E-state index in [2.05, 4.69) is 6.92 Å². The normalized spacial score (nSPS) is 18.9. The van der Waals surface area contributed by atoms with Gasteiger partial charge >= 0.3 is 0 Å². The molecular weight excluding hydrogens is 196 g/mol. The quantitative estimate of drug-likeness (QED) is 0.334. The average Bonchev–Trinajstić information content (AvgIpc) is 3.10. The van der Waals surface area contributed by atoms with Gasteiger partial charge in [0.25, 0.3) is 0 Å². The topological polar surface area (TPSA) is 12.5 Å². The molecule has 0 aromatic heterocycles. The van der Waals surface area contributed by atoms with Gasteiger partial charge in [-0.25, -0.2) is 0 Å². The van der Waals surface area contributed by atoms with Crippen molar-refractivity contribution in [3.8, 4) is 0 Å². The Balaban J connectivity index is 1.61. The van der Waals surface area contributed by atoms with E-state index in [1.807, 2.05) is 0 Å². The first kappa shape index (κ1) is 14.0. The first-order valence-corrected chi connectivity index (χ1v) is 7.55. The third-order valence-electron chi connectivity index (χ3n) is 3.53. The zero-order valence-electron chi connectivity index (χ0n) is 11.2. The second kappa shape index (κ2) is 10.1. The van der Waals surface area contributed by atoms with Crippen molar-refractivity contribution in [1.82, 2.24) is 0 Å². The molecule has 0 aromatic carbocycles. The van der Waals surface area contributed by atoms with Crippen molar-refractivity contribution in [3.63, 3.8) is 0 Å². The largest absolute Gasteiger partial charge is 0.373 e. The van der Waals surface area contributed by atoms with Crippen molar-refractivity contribution in [3.05, 3.63) is 0 Å². The van der Waals surface area contributed by atoms with Crippen LogP contribution >= 0.6 is 0 Å². The Kier molecular flexibility index (Phi) is 8.88. The summed E-state index contributed by atoms with van der Waals surface area (Å²) >= 11 is 0. The van der Waals surface area contributed by atoms with E-state index < -0.39 is 0 Å². The van der Waals surface area contributed by atoms with Gasteiger partial charge in [0.15, 0.2) is 0 Å². The van der Waals surface area contributed by atoms with Crippen molar-refractivity contribution in [2.24, 2.45) is 0 Å². The van der Waals surface area contributed by atoms with E-state index in [4.69, 9.17) is 4.74 Å². The molecule has 0 aromatic rings. The van der Waals surface area contributed by atoms with Crippen LogP contribution in [0.1, 0.15) is 84.0 Å². The highest BCUT2D eigenvalue weighted by atomic mass is 16.6. The van der Waals surface area contributed by atoms with Gasteiger partial charge in [0.05, 0.1) is 12.7 Å². The van der Waals surface area contributed by atoms with Gasteiger partial charge < -0.3 is 4.74 Å². The maximum absolute atomic E-state index is 5.20. The van der Waals surface area contributed by atoms with E-state index in [0.717, 1.165) is 6.61 Å². The molecule has 1 heterocycles. The molecule has 1 aliphatic rings. The molecule has 16 heavy (non-hydrogen) atoms. The third kappa shape index (κ3) is 9.21. The first-order chi connectivity index (χ1) is 7.93. The molecule has 0 unspecified atom stereocenters. The Morgan fingerprint density at radius 1 is 0.750 bits per heavy atom. The van der Waals surface area contributed by atoms with Gasteiger partial charge in [-0.3, -0.25) is 0 Å². The molecule has 0 radical (unpaired) electrons. The molecule has 1 nitrogen and oxygen atoms in total. The van der Waals surface area contributed by atoms with Crippen molar-refractivity contribution >= 4 is 0 Å². The Labute approximate surface area is 102 Å². The van der Waals surface area contributed by atoms with Crippen LogP contribution in [0, 0.1) is 0 Å². The molecule has 0 spiro atoms. The second-order valence-electron chi connectivity index (χ2n) is 5.28. The average molecular weight is 226 g/mol. The van der Waals surface area contributed by atoms with Gasteiger partial charge in [-0.1, -0.05) is 77.6 Å². The van der Waals surface area contributed by atoms with E-state index in [1.54, 1.807) is 0 Å². The minimum Gasteiger partial charge on any atom is -0.373 e. The smallest absolute Gasteiger partial charge is 0.0810 e. The van der Waals surface area contributed by atoms with Crippen molar-refractivity contribution < 1.29 is 4.74 Å². The second-order valence-corrected chi connectivity index (χ2v) is 5.28. The molecule has 0 bridgehead atoms. The zero-order chi connectivity index (χ0) is 11.5. The molecule has 0 saturated carbocycles. The predicted octanol–water partition coefficient (Wildman–Crippen LogP) is 5.09. The number of ether oxygens (including phenoxy) is 1. The van der Waals surface area contributed by atoms with Gasteiger partial charge in [-0.15, -0.1) is 0 Å². The van der Waals surface area contributed by atoms with Crippen LogP contribution in [-0.4, -0.2) is 12.7 Å². The van der Waals surface area contributed by atoms with Crippen LogP contribution in [0.4, 0.5) is 0 Å². The van der Waals surface area contributed by atoms with Crippen LogP contribution in [0.5, 0.6) is 0 Å². The summed E-state index contributed by atoms with van der Waals surface area (Å²) < 4.78 is 5.20. The molecule has 1 atom stereocenters. The van der Waals surface area contributed by atoms with E-state index >= 15 is 0 Å². The van der Waals surface area contributed by atoms with Crippen LogP contribution in [0.3, 0.4) is 0 Å². The van der Waals surface area contributed by atoms with E-state index in [0.29, 0.717) is 6.10 Å². The van der Waals surface area contributed by atoms with Gasteiger partial charge in [-0.2, -0.15) is 0 Å². The number of unbranched alkanes of at least 4 members (excludes halogenated alkanes) is 10. The molecule has 1 heteroatoms. The summed E-state index contributed by atoms with van der Waals surface area (Å²) in [5.74, 6) is 0. The van der Waals surface area contributed by atoms with Crippen LogP contribution < -0.4 is 0 Å². The molecule has 0 N–H and O–H groups in total. The first-order valence-electron chi connectivity index (χ1n) is 7.55. The zero-order valence-corrected chi connectivity index (χ0v) is 11.2. The molecule has 1 saturated heterocycles. The predicted molar refractivity (Wildman–Crippen MR) is 70.8 cm³/mol. The summed E-state index contributed by atoms with van der Waals surface area (Å²) in [5.41, 5.74) is 0. The lowest BCUT2D eigenvalue weighted by Gasteiger charge is -2.01. The van der Waals surface area contributed by atoms with Crippen LogP contribution in [0.2, 0.25) is 0 Å². The van der Waals surface area contributed by atoms with Gasteiger partial charge in [0.2, 0.25) is 0 Å². The van der Waals surface area contributed by atoms with E-state index in [1.165, 1.54) is 77.0 Å². The lowest BCUT2D eigenvalue weighted by Crippen LogP contribution is -1.86. The van der Waals surface area contributed by atoms with Crippen molar-refractivity contribution in [2.45, 2.75) is 90.1 Å². The highest BCUT2D eigenvalue weighted by Gasteiger charge is 2.20. The number of hydrogen-bond acceptors (Lipinski definition) is 1. The maximum atomic E-state index is 5.20.